The van der Waals surface area contributed by atoms with Crippen molar-refractivity contribution >= 4 is 17.6 Å². The second-order valence-electron chi connectivity index (χ2n) is 5.08. The van der Waals surface area contributed by atoms with E-state index in [1.54, 1.807) is 11.8 Å². The van der Waals surface area contributed by atoms with Crippen molar-refractivity contribution < 1.29 is 0 Å². The van der Waals surface area contributed by atoms with Gasteiger partial charge in [0, 0.05) is 22.9 Å². The summed E-state index contributed by atoms with van der Waals surface area (Å²) in [6, 6.07) is 10.4. The first-order valence-electron chi connectivity index (χ1n) is 7.13. The predicted octanol–water partition coefficient (Wildman–Crippen LogP) is 4.25. The lowest BCUT2D eigenvalue weighted by Crippen LogP contribution is -2.07. The fraction of sp³-hybridized carbons (Fsp3) is 0.375. The molecular formula is C16H19N3S. The smallest absolute Gasteiger partial charge is 0.135 e. The topological polar surface area (TPSA) is 37.8 Å². The molecule has 0 spiro atoms. The third-order valence-electron chi connectivity index (χ3n) is 3.36. The van der Waals surface area contributed by atoms with E-state index in [9.17, 15) is 0 Å². The first kappa shape index (κ1) is 13.4. The van der Waals surface area contributed by atoms with Gasteiger partial charge >= 0.3 is 0 Å². The summed E-state index contributed by atoms with van der Waals surface area (Å²) >= 11 is 1.72. The quantitative estimate of drug-likeness (QED) is 0.834. The maximum absolute atomic E-state index is 4.78. The largest absolute Gasteiger partial charge is 0.370 e. The molecule has 0 amide bonds. The molecule has 0 unspecified atom stereocenters. The van der Waals surface area contributed by atoms with Crippen molar-refractivity contribution in [1.82, 2.24) is 9.97 Å². The fourth-order valence-electron chi connectivity index (χ4n) is 2.08. The van der Waals surface area contributed by atoms with E-state index in [0.717, 1.165) is 28.8 Å². The Morgan fingerprint density at radius 2 is 1.95 bits per heavy atom. The minimum atomic E-state index is 0.572. The number of nitrogens with zero attached hydrogens (tertiary/aromatic N) is 2. The van der Waals surface area contributed by atoms with E-state index in [-0.39, 0.29) is 0 Å². The molecule has 1 aliphatic rings. The second-order valence-corrected chi connectivity index (χ2v) is 6.14. The van der Waals surface area contributed by atoms with Crippen LogP contribution in [0.1, 0.15) is 37.1 Å². The molecular weight excluding hydrogens is 266 g/mol. The Bertz CT molecular complexity index is 594. The first-order chi connectivity index (χ1) is 9.78. The van der Waals surface area contributed by atoms with Crippen LogP contribution in [-0.4, -0.2) is 16.5 Å². The Hall–Kier alpha value is -1.55. The van der Waals surface area contributed by atoms with Crippen molar-refractivity contribution in [3.8, 4) is 0 Å². The summed E-state index contributed by atoms with van der Waals surface area (Å²) < 4.78 is 0. The molecule has 0 atom stereocenters. The van der Waals surface area contributed by atoms with Gasteiger partial charge in [0.25, 0.3) is 0 Å². The summed E-state index contributed by atoms with van der Waals surface area (Å²) in [5.41, 5.74) is 1.14. The number of hydrogen-bond donors (Lipinski definition) is 1. The molecule has 3 nitrogen and oxygen atoms in total. The fourth-order valence-corrected chi connectivity index (χ4v) is 2.98. The van der Waals surface area contributed by atoms with Gasteiger partial charge in [0.15, 0.2) is 0 Å². The van der Waals surface area contributed by atoms with Crippen LogP contribution in [0, 0.1) is 6.92 Å². The summed E-state index contributed by atoms with van der Waals surface area (Å²) in [7, 11) is 0. The maximum atomic E-state index is 4.78. The first-order valence-corrected chi connectivity index (χ1v) is 7.95. The van der Waals surface area contributed by atoms with Crippen LogP contribution >= 0.6 is 11.8 Å². The third kappa shape index (κ3) is 2.96. The molecule has 0 bridgehead atoms. The van der Waals surface area contributed by atoms with E-state index < -0.39 is 0 Å². The molecule has 3 rings (SSSR count). The number of nitrogens with one attached hydrogen (secondary N) is 1. The Kier molecular flexibility index (Phi) is 3.92. The Morgan fingerprint density at radius 1 is 1.20 bits per heavy atom. The van der Waals surface area contributed by atoms with Crippen LogP contribution in [0.2, 0.25) is 0 Å². The van der Waals surface area contributed by atoms with Crippen LogP contribution in [0.3, 0.4) is 0 Å². The Balaban J connectivity index is 1.95. The number of aromatic nitrogens is 2. The number of rotatable bonds is 5. The van der Waals surface area contributed by atoms with E-state index in [1.807, 2.05) is 6.07 Å². The van der Waals surface area contributed by atoms with Crippen molar-refractivity contribution in [3.63, 3.8) is 0 Å². The highest BCUT2D eigenvalue weighted by Gasteiger charge is 2.28. The number of benzene rings is 1. The third-order valence-corrected chi connectivity index (χ3v) is 4.46. The van der Waals surface area contributed by atoms with Gasteiger partial charge in [-0.1, -0.05) is 30.0 Å². The molecule has 0 saturated heterocycles. The predicted molar refractivity (Wildman–Crippen MR) is 83.5 cm³/mol. The van der Waals surface area contributed by atoms with Gasteiger partial charge in [0.05, 0.1) is 0 Å². The van der Waals surface area contributed by atoms with Gasteiger partial charge in [-0.05, 0) is 38.8 Å². The zero-order valence-electron chi connectivity index (χ0n) is 11.9. The van der Waals surface area contributed by atoms with Crippen LogP contribution in [0.4, 0.5) is 5.82 Å². The van der Waals surface area contributed by atoms with Gasteiger partial charge in [0.1, 0.15) is 16.7 Å². The van der Waals surface area contributed by atoms with Crippen LogP contribution in [0.5, 0.6) is 0 Å². The van der Waals surface area contributed by atoms with Gasteiger partial charge in [-0.25, -0.2) is 9.97 Å². The standard InChI is InChI=1S/C16H19N3S/c1-3-17-14-11(2)16(19-15(18-14)12-9-10-12)20-13-7-5-4-6-8-13/h4-8,12H,3,9-10H2,1-2H3,(H,17,18,19). The number of hydrogen-bond acceptors (Lipinski definition) is 4. The van der Waals surface area contributed by atoms with Gasteiger partial charge in [0.2, 0.25) is 0 Å². The zero-order valence-corrected chi connectivity index (χ0v) is 12.7. The zero-order chi connectivity index (χ0) is 13.9. The molecule has 1 aromatic carbocycles. The summed E-state index contributed by atoms with van der Waals surface area (Å²) in [6.07, 6.45) is 2.45. The molecule has 0 radical (unpaired) electrons. The highest BCUT2D eigenvalue weighted by molar-refractivity contribution is 7.99. The molecule has 2 aromatic rings. The summed E-state index contributed by atoms with van der Waals surface area (Å²) in [4.78, 5) is 10.7. The van der Waals surface area contributed by atoms with E-state index in [1.165, 1.54) is 17.7 Å². The maximum Gasteiger partial charge on any atom is 0.135 e. The van der Waals surface area contributed by atoms with Crippen LogP contribution in [0.25, 0.3) is 0 Å². The van der Waals surface area contributed by atoms with E-state index in [0.29, 0.717) is 5.92 Å². The van der Waals surface area contributed by atoms with Crippen molar-refractivity contribution in [1.29, 1.82) is 0 Å². The Morgan fingerprint density at radius 3 is 2.60 bits per heavy atom. The molecule has 4 heteroatoms. The Labute approximate surface area is 124 Å². The van der Waals surface area contributed by atoms with Crippen molar-refractivity contribution in [3.05, 3.63) is 41.7 Å². The monoisotopic (exact) mass is 285 g/mol. The normalized spacial score (nSPS) is 14.3. The van der Waals surface area contributed by atoms with E-state index in [4.69, 9.17) is 9.97 Å². The average Bonchev–Trinajstić information content (AvgIpc) is 3.29. The highest BCUT2D eigenvalue weighted by atomic mass is 32.2. The molecule has 1 saturated carbocycles. The van der Waals surface area contributed by atoms with E-state index >= 15 is 0 Å². The molecule has 1 heterocycles. The summed E-state index contributed by atoms with van der Waals surface area (Å²) in [5.74, 6) is 2.57. The van der Waals surface area contributed by atoms with E-state index in [2.05, 4.69) is 43.4 Å². The van der Waals surface area contributed by atoms with Gasteiger partial charge in [-0.2, -0.15) is 0 Å². The van der Waals surface area contributed by atoms with Crippen LogP contribution < -0.4 is 5.32 Å². The lowest BCUT2D eigenvalue weighted by molar-refractivity contribution is 0.861. The lowest BCUT2D eigenvalue weighted by atomic mass is 10.3. The minimum Gasteiger partial charge on any atom is -0.370 e. The SMILES string of the molecule is CCNc1nc(C2CC2)nc(Sc2ccccc2)c1C. The summed E-state index contributed by atoms with van der Waals surface area (Å²) in [5, 5.41) is 4.43. The molecule has 1 N–H and O–H groups in total. The van der Waals surface area contributed by atoms with Gasteiger partial charge in [-0.3, -0.25) is 0 Å². The molecule has 0 aliphatic heterocycles. The minimum absolute atomic E-state index is 0.572. The van der Waals surface area contributed by atoms with Crippen LogP contribution in [-0.2, 0) is 0 Å². The van der Waals surface area contributed by atoms with Crippen molar-refractivity contribution in [2.24, 2.45) is 0 Å². The van der Waals surface area contributed by atoms with Crippen molar-refractivity contribution in [2.75, 3.05) is 11.9 Å². The van der Waals surface area contributed by atoms with Gasteiger partial charge in [-0.15, -0.1) is 0 Å². The van der Waals surface area contributed by atoms with Gasteiger partial charge < -0.3 is 5.32 Å². The summed E-state index contributed by atoms with van der Waals surface area (Å²) in [6.45, 7) is 5.08. The molecule has 1 fully saturated rings. The van der Waals surface area contributed by atoms with Crippen molar-refractivity contribution in [2.45, 2.75) is 42.5 Å². The van der Waals surface area contributed by atoms with Crippen LogP contribution in [0.15, 0.2) is 40.3 Å². The number of anilines is 1. The molecule has 1 aliphatic carbocycles. The molecule has 1 aromatic heterocycles. The average molecular weight is 285 g/mol. The second kappa shape index (κ2) is 5.83. The molecule has 20 heavy (non-hydrogen) atoms. The lowest BCUT2D eigenvalue weighted by Gasteiger charge is -2.12. The highest BCUT2D eigenvalue weighted by Crippen LogP contribution is 2.40. The molecule has 104 valence electrons.